The van der Waals surface area contributed by atoms with Gasteiger partial charge in [0, 0.05) is 37.2 Å². The van der Waals surface area contributed by atoms with Crippen LogP contribution in [0, 0.1) is 5.92 Å². The zero-order chi connectivity index (χ0) is 34.4. The predicted octanol–water partition coefficient (Wildman–Crippen LogP) is 8.30. The number of benzene rings is 3. The molecule has 0 amide bonds. The summed E-state index contributed by atoms with van der Waals surface area (Å²) in [5.41, 5.74) is 3.62. The largest absolute Gasteiger partial charge is 0.416 e. The van der Waals surface area contributed by atoms with Crippen molar-refractivity contribution in [2.24, 2.45) is 5.92 Å². The van der Waals surface area contributed by atoms with E-state index in [1.165, 1.54) is 16.4 Å². The van der Waals surface area contributed by atoms with Gasteiger partial charge in [-0.3, -0.25) is 9.10 Å². The molecule has 3 aromatic carbocycles. The van der Waals surface area contributed by atoms with E-state index in [0.717, 1.165) is 34.5 Å². The Kier molecular flexibility index (Phi) is 9.28. The zero-order valence-electron chi connectivity index (χ0n) is 27.6. The van der Waals surface area contributed by atoms with Crippen molar-refractivity contribution in [2.45, 2.75) is 94.7 Å². The minimum absolute atomic E-state index is 0.0317. The molecule has 2 aliphatic rings. The Labute approximate surface area is 280 Å². The lowest BCUT2D eigenvalue weighted by molar-refractivity contribution is -0.137. The highest BCUT2D eigenvalue weighted by atomic mass is 32.2. The number of aliphatic hydroxyl groups is 1. The number of carbonyl (C=O) groups excluding carboxylic acids is 1. The van der Waals surface area contributed by atoms with E-state index in [1.807, 2.05) is 61.0 Å². The van der Waals surface area contributed by atoms with Crippen molar-refractivity contribution in [3.63, 3.8) is 0 Å². The number of alkyl halides is 3. The van der Waals surface area contributed by atoms with Gasteiger partial charge in [0.2, 0.25) is 10.0 Å². The maximum atomic E-state index is 14.1. The van der Waals surface area contributed by atoms with E-state index in [9.17, 15) is 31.5 Å². The van der Waals surface area contributed by atoms with Crippen molar-refractivity contribution in [3.05, 3.63) is 101 Å². The fourth-order valence-corrected chi connectivity index (χ4v) is 9.36. The Bertz CT molecular complexity index is 1920. The van der Waals surface area contributed by atoms with Crippen LogP contribution in [-0.2, 0) is 35.6 Å². The van der Waals surface area contributed by atoms with Crippen LogP contribution in [0.1, 0.15) is 90.9 Å². The maximum Gasteiger partial charge on any atom is 0.416 e. The molecule has 1 aromatic heterocycles. The van der Waals surface area contributed by atoms with E-state index in [-0.39, 0.29) is 18.1 Å². The Morgan fingerprint density at radius 1 is 1.00 bits per heavy atom. The topological polar surface area (TPSA) is 79.6 Å². The van der Waals surface area contributed by atoms with Crippen LogP contribution in [0.25, 0.3) is 10.9 Å². The quantitative estimate of drug-likeness (QED) is 0.153. The molecule has 0 radical (unpaired) electrons. The highest BCUT2D eigenvalue weighted by Crippen LogP contribution is 2.51. The summed E-state index contributed by atoms with van der Waals surface area (Å²) < 4.78 is 70.2. The van der Waals surface area contributed by atoms with E-state index in [4.69, 9.17) is 0 Å². The van der Waals surface area contributed by atoms with Gasteiger partial charge in [-0.25, -0.2) is 8.42 Å². The van der Waals surface area contributed by atoms with Crippen LogP contribution in [0.3, 0.4) is 0 Å². The number of hydrogen-bond donors (Lipinski definition) is 1. The van der Waals surface area contributed by atoms with E-state index in [1.54, 1.807) is 19.2 Å². The summed E-state index contributed by atoms with van der Waals surface area (Å²) in [4.78, 5) is 14.1. The van der Waals surface area contributed by atoms with Crippen molar-refractivity contribution >= 4 is 32.4 Å². The van der Waals surface area contributed by atoms with Gasteiger partial charge in [-0.05, 0) is 91.7 Å². The molecule has 1 saturated carbocycles. The number of aromatic nitrogens is 1. The molecule has 1 N–H and O–H groups in total. The molecule has 48 heavy (non-hydrogen) atoms. The summed E-state index contributed by atoms with van der Waals surface area (Å²) >= 11 is 0. The molecular formula is C38H43F3N2O4S. The lowest BCUT2D eigenvalue weighted by atomic mass is 9.83. The first-order chi connectivity index (χ1) is 22.8. The Morgan fingerprint density at radius 2 is 1.73 bits per heavy atom. The average molecular weight is 681 g/mol. The molecule has 10 heteroatoms. The zero-order valence-corrected chi connectivity index (χ0v) is 28.4. The van der Waals surface area contributed by atoms with Gasteiger partial charge in [-0.2, -0.15) is 13.2 Å². The molecule has 4 aromatic rings. The molecule has 0 bridgehead atoms. The number of ketones is 1. The molecule has 1 aliphatic carbocycles. The van der Waals surface area contributed by atoms with Gasteiger partial charge in [0.15, 0.2) is 5.78 Å². The highest BCUT2D eigenvalue weighted by Gasteiger charge is 2.58. The van der Waals surface area contributed by atoms with Crippen LogP contribution in [-0.4, -0.2) is 41.8 Å². The molecule has 6 nitrogen and oxygen atoms in total. The van der Waals surface area contributed by atoms with Crippen molar-refractivity contribution in [1.29, 1.82) is 0 Å². The molecule has 0 unspecified atom stereocenters. The summed E-state index contributed by atoms with van der Waals surface area (Å²) in [5, 5.41) is 12.5. The van der Waals surface area contributed by atoms with Crippen LogP contribution in [0.2, 0.25) is 0 Å². The van der Waals surface area contributed by atoms with Gasteiger partial charge in [0.1, 0.15) is 4.75 Å². The first-order valence-corrected chi connectivity index (χ1v) is 18.3. The maximum absolute atomic E-state index is 14.1. The van der Waals surface area contributed by atoms with Crippen molar-refractivity contribution in [3.8, 4) is 0 Å². The second kappa shape index (κ2) is 13.0. The third-order valence-electron chi connectivity index (χ3n) is 10.6. The molecule has 3 atom stereocenters. The number of hydrogen-bond acceptors (Lipinski definition) is 4. The highest BCUT2D eigenvalue weighted by molar-refractivity contribution is 7.94. The number of halogens is 3. The Hall–Kier alpha value is -3.63. The van der Waals surface area contributed by atoms with Gasteiger partial charge in [-0.15, -0.1) is 0 Å². The van der Waals surface area contributed by atoms with E-state index in [0.29, 0.717) is 61.9 Å². The van der Waals surface area contributed by atoms with Crippen LogP contribution in [0.4, 0.5) is 18.9 Å². The monoisotopic (exact) mass is 680 g/mol. The summed E-state index contributed by atoms with van der Waals surface area (Å²) in [6.07, 6.45) is 0.493. The predicted molar refractivity (Wildman–Crippen MR) is 183 cm³/mol. The number of aliphatic hydroxyl groups excluding tert-OH is 1. The van der Waals surface area contributed by atoms with Crippen molar-refractivity contribution in [1.82, 2.24) is 4.57 Å². The van der Waals surface area contributed by atoms with Crippen LogP contribution in [0.15, 0.2) is 72.9 Å². The Balaban J connectivity index is 1.28. The van der Waals surface area contributed by atoms with E-state index < -0.39 is 38.5 Å². The van der Waals surface area contributed by atoms with Gasteiger partial charge < -0.3 is 9.67 Å². The first kappa shape index (κ1) is 34.2. The Morgan fingerprint density at radius 3 is 2.38 bits per heavy atom. The number of sulfonamides is 1. The number of nitrogens with zero attached hydrogens (tertiary/aromatic N) is 2. The third-order valence-corrected chi connectivity index (χ3v) is 13.1. The van der Waals surface area contributed by atoms with Gasteiger partial charge in [-0.1, -0.05) is 62.4 Å². The lowest BCUT2D eigenvalue weighted by Gasteiger charge is -2.26. The normalized spacial score (nSPS) is 18.4. The molecule has 1 fully saturated rings. The lowest BCUT2D eigenvalue weighted by Crippen LogP contribution is -2.38. The van der Waals surface area contributed by atoms with Gasteiger partial charge >= 0.3 is 6.18 Å². The SMILES string of the molecule is CCc1cn2c3c(cc(C(=O)C[C@@H](Cc4ccccc4)[C@H](O)CC[C@H](CC)c4cccc(C(F)(F)F)c4)cc13)N(C)S(=O)(=O)C1(CC1)C2. The van der Waals surface area contributed by atoms with Crippen LogP contribution in [0.5, 0.6) is 0 Å². The number of aryl methyl sites for hydroxylation is 1. The summed E-state index contributed by atoms with van der Waals surface area (Å²) in [6.45, 7) is 4.36. The smallest absolute Gasteiger partial charge is 0.393 e. The van der Waals surface area contributed by atoms with Gasteiger partial charge in [0.05, 0.1) is 22.9 Å². The summed E-state index contributed by atoms with van der Waals surface area (Å²) in [5.74, 6) is -0.831. The van der Waals surface area contributed by atoms with Crippen LogP contribution >= 0.6 is 0 Å². The second-order valence-corrected chi connectivity index (χ2v) is 16.0. The number of rotatable bonds is 12. The minimum atomic E-state index is -4.44. The summed E-state index contributed by atoms with van der Waals surface area (Å²) in [6, 6.07) is 18.5. The fourth-order valence-electron chi connectivity index (χ4n) is 7.46. The molecule has 2 heterocycles. The molecule has 1 spiro atoms. The van der Waals surface area contributed by atoms with E-state index in [2.05, 4.69) is 0 Å². The number of anilines is 1. The third kappa shape index (κ3) is 6.41. The van der Waals surface area contributed by atoms with Gasteiger partial charge in [0.25, 0.3) is 0 Å². The summed E-state index contributed by atoms with van der Waals surface area (Å²) in [7, 11) is -2.07. The average Bonchev–Trinajstić information content (AvgIpc) is 3.79. The fraction of sp³-hybridized carbons (Fsp3) is 0.447. The number of carbonyl (C=O) groups is 1. The van der Waals surface area contributed by atoms with Crippen LogP contribution < -0.4 is 4.31 Å². The number of Topliss-reactive ketones (excluding diaryl/α,β-unsaturated/α-hetero) is 1. The van der Waals surface area contributed by atoms with Crippen molar-refractivity contribution < 1.29 is 31.5 Å². The molecule has 256 valence electrons. The van der Waals surface area contributed by atoms with E-state index >= 15 is 0 Å². The second-order valence-electron chi connectivity index (χ2n) is 13.6. The minimum Gasteiger partial charge on any atom is -0.393 e. The van der Waals surface area contributed by atoms with Crippen molar-refractivity contribution in [2.75, 3.05) is 11.4 Å². The molecular weight excluding hydrogens is 637 g/mol. The first-order valence-electron chi connectivity index (χ1n) is 16.8. The molecule has 1 aliphatic heterocycles. The molecule has 6 rings (SSSR count). The molecule has 0 saturated heterocycles. The standard InChI is InChI=1S/C38H43F3N2O4S/c1-4-26(28-12-9-13-31(19-28)38(39,40)41)14-15-34(44)29(18-25-10-7-6-8-11-25)22-35(45)30-20-32-27(5-2)23-43-24-37(16-17-37)48(46,47)42(3)33(21-30)36(32)43/h6-13,19-21,23,26,29,34,44H,4-5,14-18,22,24H2,1-3H3/t26-,29+,34+/m0/s1.